The Morgan fingerprint density at radius 2 is 2.12 bits per heavy atom. The van der Waals surface area contributed by atoms with E-state index >= 15 is 0 Å². The molecule has 16 heavy (non-hydrogen) atoms. The highest BCUT2D eigenvalue weighted by molar-refractivity contribution is 7.98. The van der Waals surface area contributed by atoms with Crippen molar-refractivity contribution in [3.05, 3.63) is 53.7 Å². The van der Waals surface area contributed by atoms with Crippen molar-refractivity contribution in [3.63, 3.8) is 0 Å². The van der Waals surface area contributed by atoms with Crippen LogP contribution in [0.25, 0.3) is 0 Å². The number of aromatic nitrogens is 1. The van der Waals surface area contributed by atoms with Gasteiger partial charge in [-0.3, -0.25) is 0 Å². The molecule has 0 bridgehead atoms. The number of pyridine rings is 1. The molecule has 1 heterocycles. The molecule has 0 aliphatic rings. The summed E-state index contributed by atoms with van der Waals surface area (Å²) in [5.74, 6) is 0.906. The molecule has 2 aromatic rings. The molecule has 2 N–H and O–H groups in total. The van der Waals surface area contributed by atoms with Crippen LogP contribution in [0.5, 0.6) is 0 Å². The number of nitrogens with two attached hydrogens (primary N) is 1. The van der Waals surface area contributed by atoms with Crippen LogP contribution < -0.4 is 5.73 Å². The molecular formula is C13H14N2S. The SMILES string of the molecule is Cc1cccc(CSc2ncccc2N)c1. The van der Waals surface area contributed by atoms with E-state index in [1.165, 1.54) is 11.1 Å². The third kappa shape index (κ3) is 2.76. The number of rotatable bonds is 3. The second-order valence-corrected chi connectivity index (χ2v) is 4.64. The highest BCUT2D eigenvalue weighted by Crippen LogP contribution is 2.25. The molecule has 0 amide bonds. The minimum Gasteiger partial charge on any atom is -0.397 e. The third-order valence-corrected chi connectivity index (χ3v) is 3.35. The Bertz CT molecular complexity index is 483. The fourth-order valence-corrected chi connectivity index (χ4v) is 2.33. The fourth-order valence-electron chi connectivity index (χ4n) is 1.48. The summed E-state index contributed by atoms with van der Waals surface area (Å²) in [5, 5.41) is 0.906. The van der Waals surface area contributed by atoms with Gasteiger partial charge in [-0.15, -0.1) is 0 Å². The molecule has 1 aromatic carbocycles. The third-order valence-electron chi connectivity index (χ3n) is 2.26. The van der Waals surface area contributed by atoms with Crippen LogP contribution in [-0.2, 0) is 5.75 Å². The van der Waals surface area contributed by atoms with Crippen LogP contribution in [0.1, 0.15) is 11.1 Å². The summed E-state index contributed by atoms with van der Waals surface area (Å²) in [4.78, 5) is 4.25. The summed E-state index contributed by atoms with van der Waals surface area (Å²) in [6.45, 7) is 2.10. The number of thioether (sulfide) groups is 1. The zero-order valence-electron chi connectivity index (χ0n) is 9.18. The lowest BCUT2D eigenvalue weighted by Gasteiger charge is -2.04. The summed E-state index contributed by atoms with van der Waals surface area (Å²) in [6.07, 6.45) is 1.77. The molecule has 0 fully saturated rings. The number of nitrogen functional groups attached to an aromatic ring is 1. The van der Waals surface area contributed by atoms with Gasteiger partial charge in [0.2, 0.25) is 0 Å². The molecule has 0 saturated heterocycles. The topological polar surface area (TPSA) is 38.9 Å². The zero-order valence-corrected chi connectivity index (χ0v) is 10.00. The Morgan fingerprint density at radius 1 is 1.25 bits per heavy atom. The van der Waals surface area contributed by atoms with Crippen LogP contribution in [0, 0.1) is 6.92 Å². The highest BCUT2D eigenvalue weighted by atomic mass is 32.2. The number of hydrogen-bond donors (Lipinski definition) is 1. The largest absolute Gasteiger partial charge is 0.397 e. The summed E-state index contributed by atoms with van der Waals surface area (Å²) in [6, 6.07) is 12.2. The van der Waals surface area contributed by atoms with Gasteiger partial charge in [-0.2, -0.15) is 0 Å². The van der Waals surface area contributed by atoms with E-state index in [0.717, 1.165) is 16.5 Å². The molecule has 0 saturated carbocycles. The van der Waals surface area contributed by atoms with Crippen molar-refractivity contribution in [1.29, 1.82) is 0 Å². The van der Waals surface area contributed by atoms with Gasteiger partial charge >= 0.3 is 0 Å². The van der Waals surface area contributed by atoms with Gasteiger partial charge in [0.05, 0.1) is 5.69 Å². The second kappa shape index (κ2) is 5.03. The summed E-state index contributed by atoms with van der Waals surface area (Å²) in [5.41, 5.74) is 9.17. The van der Waals surface area contributed by atoms with Gasteiger partial charge in [0.15, 0.2) is 0 Å². The van der Waals surface area contributed by atoms with Crippen molar-refractivity contribution in [2.45, 2.75) is 17.7 Å². The predicted octanol–water partition coefficient (Wildman–Crippen LogP) is 3.26. The molecule has 2 nitrogen and oxygen atoms in total. The molecule has 3 heteroatoms. The molecule has 1 aromatic heterocycles. The minimum absolute atomic E-state index is 0.750. The Morgan fingerprint density at radius 3 is 2.88 bits per heavy atom. The fraction of sp³-hybridized carbons (Fsp3) is 0.154. The molecule has 0 unspecified atom stereocenters. The molecule has 0 radical (unpaired) electrons. The lowest BCUT2D eigenvalue weighted by Crippen LogP contribution is -1.91. The van der Waals surface area contributed by atoms with Crippen LogP contribution in [0.4, 0.5) is 5.69 Å². The van der Waals surface area contributed by atoms with E-state index in [1.54, 1.807) is 18.0 Å². The lowest BCUT2D eigenvalue weighted by molar-refractivity contribution is 1.14. The molecular weight excluding hydrogens is 216 g/mol. The average Bonchev–Trinajstić information content (AvgIpc) is 2.28. The van der Waals surface area contributed by atoms with Crippen molar-refractivity contribution in [2.75, 3.05) is 5.73 Å². The standard InChI is InChI=1S/C13H14N2S/c1-10-4-2-5-11(8-10)9-16-13-12(14)6-3-7-15-13/h2-8H,9,14H2,1H3. The van der Waals surface area contributed by atoms with E-state index < -0.39 is 0 Å². The average molecular weight is 230 g/mol. The second-order valence-electron chi connectivity index (χ2n) is 3.68. The van der Waals surface area contributed by atoms with Gasteiger partial charge in [-0.25, -0.2) is 4.98 Å². The zero-order chi connectivity index (χ0) is 11.4. The van der Waals surface area contributed by atoms with Gasteiger partial charge in [0.1, 0.15) is 5.03 Å². The van der Waals surface area contributed by atoms with Gasteiger partial charge in [0.25, 0.3) is 0 Å². The van der Waals surface area contributed by atoms with Crippen molar-refractivity contribution >= 4 is 17.4 Å². The van der Waals surface area contributed by atoms with E-state index in [1.807, 2.05) is 12.1 Å². The maximum Gasteiger partial charge on any atom is 0.119 e. The summed E-state index contributed by atoms with van der Waals surface area (Å²) >= 11 is 1.67. The smallest absolute Gasteiger partial charge is 0.119 e. The Labute approximate surface area is 99.9 Å². The molecule has 0 aliphatic carbocycles. The van der Waals surface area contributed by atoms with Gasteiger partial charge < -0.3 is 5.73 Å². The van der Waals surface area contributed by atoms with Crippen LogP contribution in [0.2, 0.25) is 0 Å². The van der Waals surface area contributed by atoms with Crippen LogP contribution in [-0.4, -0.2) is 4.98 Å². The number of benzene rings is 1. The Kier molecular flexibility index (Phi) is 3.47. The first-order valence-corrected chi connectivity index (χ1v) is 6.13. The lowest BCUT2D eigenvalue weighted by atomic mass is 10.2. The molecule has 82 valence electrons. The normalized spacial score (nSPS) is 10.3. The van der Waals surface area contributed by atoms with Crippen molar-refractivity contribution in [1.82, 2.24) is 4.98 Å². The van der Waals surface area contributed by atoms with E-state index in [2.05, 4.69) is 36.2 Å². The summed E-state index contributed by atoms with van der Waals surface area (Å²) in [7, 11) is 0. The molecule has 0 atom stereocenters. The van der Waals surface area contributed by atoms with Crippen molar-refractivity contribution < 1.29 is 0 Å². The van der Waals surface area contributed by atoms with Gasteiger partial charge in [0, 0.05) is 11.9 Å². The maximum atomic E-state index is 5.83. The Balaban J connectivity index is 2.05. The van der Waals surface area contributed by atoms with Gasteiger partial charge in [-0.05, 0) is 24.6 Å². The van der Waals surface area contributed by atoms with E-state index in [0.29, 0.717) is 0 Å². The number of hydrogen-bond acceptors (Lipinski definition) is 3. The van der Waals surface area contributed by atoms with E-state index in [-0.39, 0.29) is 0 Å². The maximum absolute atomic E-state index is 5.83. The number of anilines is 1. The van der Waals surface area contributed by atoms with Crippen molar-refractivity contribution in [3.8, 4) is 0 Å². The highest BCUT2D eigenvalue weighted by Gasteiger charge is 2.01. The summed E-state index contributed by atoms with van der Waals surface area (Å²) < 4.78 is 0. The molecule has 2 rings (SSSR count). The van der Waals surface area contributed by atoms with Crippen molar-refractivity contribution in [2.24, 2.45) is 0 Å². The first kappa shape index (κ1) is 11.0. The van der Waals surface area contributed by atoms with Crippen LogP contribution >= 0.6 is 11.8 Å². The molecule has 0 spiro atoms. The first-order valence-electron chi connectivity index (χ1n) is 5.14. The van der Waals surface area contributed by atoms with Crippen LogP contribution in [0.15, 0.2) is 47.6 Å². The number of aryl methyl sites for hydroxylation is 1. The van der Waals surface area contributed by atoms with E-state index in [4.69, 9.17) is 5.73 Å². The Hall–Kier alpha value is -1.48. The molecule has 0 aliphatic heterocycles. The monoisotopic (exact) mass is 230 g/mol. The van der Waals surface area contributed by atoms with Crippen LogP contribution in [0.3, 0.4) is 0 Å². The van der Waals surface area contributed by atoms with E-state index in [9.17, 15) is 0 Å². The minimum atomic E-state index is 0.750. The predicted molar refractivity (Wildman–Crippen MR) is 69.4 cm³/mol. The quantitative estimate of drug-likeness (QED) is 0.822. The number of nitrogens with zero attached hydrogens (tertiary/aromatic N) is 1. The van der Waals surface area contributed by atoms with Gasteiger partial charge in [-0.1, -0.05) is 41.6 Å². The first-order chi connectivity index (χ1) is 7.75.